The van der Waals surface area contributed by atoms with Gasteiger partial charge in [-0.2, -0.15) is 0 Å². The Hall–Kier alpha value is -8.01. The second kappa shape index (κ2) is 15.8. The predicted octanol–water partition coefficient (Wildman–Crippen LogP) is 15.5. The first-order chi connectivity index (χ1) is 30.9. The van der Waals surface area contributed by atoms with E-state index in [0.29, 0.717) is 17.5 Å². The van der Waals surface area contributed by atoms with E-state index in [-0.39, 0.29) is 5.41 Å². The third-order valence-electron chi connectivity index (χ3n) is 12.5. The zero-order valence-corrected chi connectivity index (χ0v) is 35.2. The van der Waals surface area contributed by atoms with Crippen LogP contribution < -0.4 is 0 Å². The van der Waals surface area contributed by atoms with E-state index < -0.39 is 0 Å². The quantitative estimate of drug-likeness (QED) is 0.154. The van der Waals surface area contributed by atoms with Gasteiger partial charge in [0.25, 0.3) is 0 Å². The zero-order chi connectivity index (χ0) is 42.3. The Kier molecular flexibility index (Phi) is 9.51. The van der Waals surface area contributed by atoms with Crippen molar-refractivity contribution in [2.24, 2.45) is 0 Å². The molecule has 1 aliphatic carbocycles. The van der Waals surface area contributed by atoms with E-state index in [9.17, 15) is 0 Å². The Bertz CT molecular complexity index is 3280. The number of aromatic nitrogens is 3. The lowest BCUT2D eigenvalue weighted by molar-refractivity contribution is 0.660. The van der Waals surface area contributed by atoms with Gasteiger partial charge >= 0.3 is 0 Å². The minimum absolute atomic E-state index is 0.0796. The summed E-state index contributed by atoms with van der Waals surface area (Å²) in [6.07, 6.45) is 0. The van der Waals surface area contributed by atoms with Crippen molar-refractivity contribution in [3.8, 4) is 101 Å². The van der Waals surface area contributed by atoms with Crippen molar-refractivity contribution in [1.29, 1.82) is 0 Å². The summed E-state index contributed by atoms with van der Waals surface area (Å²) in [5.74, 6) is 1.93. The van der Waals surface area contributed by atoms with Gasteiger partial charge in [0.2, 0.25) is 0 Å². The smallest absolute Gasteiger partial charge is 0.164 e. The van der Waals surface area contributed by atoms with Crippen LogP contribution in [0.4, 0.5) is 0 Å². The highest BCUT2D eigenvalue weighted by atomic mass is 15.0. The molecule has 11 rings (SSSR count). The third kappa shape index (κ3) is 7.24. The van der Waals surface area contributed by atoms with Crippen LogP contribution in [0.1, 0.15) is 25.0 Å². The highest BCUT2D eigenvalue weighted by Crippen LogP contribution is 2.49. The van der Waals surface area contributed by atoms with Crippen molar-refractivity contribution < 1.29 is 0 Å². The largest absolute Gasteiger partial charge is 0.208 e. The van der Waals surface area contributed by atoms with Crippen molar-refractivity contribution in [3.63, 3.8) is 0 Å². The molecular weight excluding hydrogens is 763 g/mol. The fraction of sp³-hybridized carbons (Fsp3) is 0.0500. The number of hydrogen-bond acceptors (Lipinski definition) is 3. The third-order valence-corrected chi connectivity index (χ3v) is 12.5. The first kappa shape index (κ1) is 38.0. The van der Waals surface area contributed by atoms with Gasteiger partial charge in [0.05, 0.1) is 0 Å². The van der Waals surface area contributed by atoms with Gasteiger partial charge in [-0.15, -0.1) is 0 Å². The molecule has 0 amide bonds. The maximum absolute atomic E-state index is 5.19. The first-order valence-electron chi connectivity index (χ1n) is 21.6. The van der Waals surface area contributed by atoms with E-state index in [1.807, 2.05) is 18.2 Å². The molecule has 298 valence electrons. The minimum Gasteiger partial charge on any atom is -0.208 e. The molecule has 1 aliphatic rings. The minimum atomic E-state index is -0.0796. The Morgan fingerprint density at radius 2 is 0.571 bits per heavy atom. The molecule has 0 spiro atoms. The molecule has 1 heterocycles. The van der Waals surface area contributed by atoms with Gasteiger partial charge in [0.1, 0.15) is 0 Å². The van der Waals surface area contributed by atoms with E-state index >= 15 is 0 Å². The van der Waals surface area contributed by atoms with Crippen molar-refractivity contribution in [3.05, 3.63) is 236 Å². The summed E-state index contributed by atoms with van der Waals surface area (Å²) in [6.45, 7) is 4.61. The molecule has 3 nitrogen and oxygen atoms in total. The van der Waals surface area contributed by atoms with Gasteiger partial charge < -0.3 is 0 Å². The SMILES string of the molecule is CC1(C)c2ccccc2-c2cc(-c3nc(-c4ccccc4)nc(-c4cccc(-c5cccc(-c6cc(-c7ccccc7)cc(-c7ccc(-c8ccccc8)cc7)c6)c5)c4)n3)ccc21. The number of rotatable bonds is 8. The number of nitrogens with zero attached hydrogens (tertiary/aromatic N) is 3. The van der Waals surface area contributed by atoms with Gasteiger partial charge in [-0.25, -0.2) is 15.0 Å². The van der Waals surface area contributed by atoms with Crippen LogP contribution in [0.5, 0.6) is 0 Å². The molecule has 9 aromatic carbocycles. The van der Waals surface area contributed by atoms with E-state index in [1.165, 1.54) is 55.6 Å². The van der Waals surface area contributed by atoms with Gasteiger partial charge in [-0.05, 0) is 114 Å². The molecule has 0 unspecified atom stereocenters. The summed E-state index contributed by atoms with van der Waals surface area (Å²) in [4.78, 5) is 15.4. The van der Waals surface area contributed by atoms with Crippen LogP contribution in [0.3, 0.4) is 0 Å². The average Bonchev–Trinajstić information content (AvgIpc) is 3.59. The van der Waals surface area contributed by atoms with Crippen LogP contribution in [-0.2, 0) is 5.41 Å². The Morgan fingerprint density at radius 3 is 1.16 bits per heavy atom. The van der Waals surface area contributed by atoms with Crippen LogP contribution in [-0.4, -0.2) is 15.0 Å². The Balaban J connectivity index is 0.977. The van der Waals surface area contributed by atoms with Gasteiger partial charge in [0.15, 0.2) is 17.5 Å². The summed E-state index contributed by atoms with van der Waals surface area (Å²) in [7, 11) is 0. The van der Waals surface area contributed by atoms with Crippen LogP contribution in [0.2, 0.25) is 0 Å². The molecule has 0 aliphatic heterocycles. The van der Waals surface area contributed by atoms with E-state index in [2.05, 4.69) is 220 Å². The van der Waals surface area contributed by atoms with Gasteiger partial charge in [0, 0.05) is 22.1 Å². The number of fused-ring (bicyclic) bond motifs is 3. The molecule has 0 saturated carbocycles. The van der Waals surface area contributed by atoms with Crippen LogP contribution in [0, 0.1) is 0 Å². The average molecular weight is 806 g/mol. The first-order valence-corrected chi connectivity index (χ1v) is 21.6. The molecule has 3 heteroatoms. The molecule has 0 atom stereocenters. The monoisotopic (exact) mass is 805 g/mol. The van der Waals surface area contributed by atoms with E-state index in [0.717, 1.165) is 38.9 Å². The fourth-order valence-corrected chi connectivity index (χ4v) is 9.17. The maximum atomic E-state index is 5.19. The summed E-state index contributed by atoms with van der Waals surface area (Å²) in [5.41, 5.74) is 19.6. The Morgan fingerprint density at radius 1 is 0.238 bits per heavy atom. The molecule has 0 bridgehead atoms. The van der Waals surface area contributed by atoms with Crippen molar-refractivity contribution in [2.75, 3.05) is 0 Å². The maximum Gasteiger partial charge on any atom is 0.164 e. The van der Waals surface area contributed by atoms with E-state index in [1.54, 1.807) is 0 Å². The van der Waals surface area contributed by atoms with E-state index in [4.69, 9.17) is 15.0 Å². The highest BCUT2D eigenvalue weighted by Gasteiger charge is 2.35. The van der Waals surface area contributed by atoms with Crippen molar-refractivity contribution >= 4 is 0 Å². The fourth-order valence-electron chi connectivity index (χ4n) is 9.17. The summed E-state index contributed by atoms with van der Waals surface area (Å²) >= 11 is 0. The summed E-state index contributed by atoms with van der Waals surface area (Å²) < 4.78 is 0. The number of benzene rings is 9. The molecule has 1 aromatic heterocycles. The molecule has 0 saturated heterocycles. The molecule has 0 fully saturated rings. The lowest BCUT2D eigenvalue weighted by Gasteiger charge is -2.21. The summed E-state index contributed by atoms with van der Waals surface area (Å²) in [6, 6.07) is 80.1. The second-order valence-electron chi connectivity index (χ2n) is 16.9. The molecule has 63 heavy (non-hydrogen) atoms. The highest BCUT2D eigenvalue weighted by molar-refractivity contribution is 5.86. The topological polar surface area (TPSA) is 38.7 Å². The normalized spacial score (nSPS) is 12.4. The van der Waals surface area contributed by atoms with Crippen molar-refractivity contribution in [2.45, 2.75) is 19.3 Å². The van der Waals surface area contributed by atoms with Gasteiger partial charge in [-0.1, -0.05) is 202 Å². The second-order valence-corrected chi connectivity index (χ2v) is 16.9. The number of hydrogen-bond donors (Lipinski definition) is 0. The molecule has 10 aromatic rings. The summed E-state index contributed by atoms with van der Waals surface area (Å²) in [5, 5.41) is 0. The molecule has 0 N–H and O–H groups in total. The predicted molar refractivity (Wildman–Crippen MR) is 261 cm³/mol. The molecule has 0 radical (unpaired) electrons. The molecular formula is C60H43N3. The lowest BCUT2D eigenvalue weighted by Crippen LogP contribution is -2.14. The van der Waals surface area contributed by atoms with Gasteiger partial charge in [-0.3, -0.25) is 0 Å². The van der Waals surface area contributed by atoms with Crippen LogP contribution >= 0.6 is 0 Å². The van der Waals surface area contributed by atoms with Crippen LogP contribution in [0.15, 0.2) is 224 Å². The standard InChI is InChI=1S/C60H43N3/c1-60(2)55-27-13-12-26-53(55)54-39-49(32-33-56(54)60)59-62-57(44-20-10-5-11-21-44)61-58(63-59)48-25-15-23-46(35-48)45-22-14-24-47(34-45)52-37-50(41-18-8-4-9-19-41)36-51(38-52)43-30-28-42(29-31-43)40-16-6-3-7-17-40/h3-39H,1-2H3. The Labute approximate surface area is 369 Å². The lowest BCUT2D eigenvalue weighted by atomic mass is 9.82. The van der Waals surface area contributed by atoms with Crippen LogP contribution in [0.25, 0.3) is 101 Å². The zero-order valence-electron chi connectivity index (χ0n) is 35.2. The van der Waals surface area contributed by atoms with Crippen molar-refractivity contribution in [1.82, 2.24) is 15.0 Å².